The molecule has 8 rings (SSSR count). The second-order valence-corrected chi connectivity index (χ2v) is 16.4. The number of nitrogens with one attached hydrogen (secondary N) is 4. The fourth-order valence-electron chi connectivity index (χ4n) is 8.84. The number of anilines is 2. The Kier molecular flexibility index (Phi) is 12.0. The number of carbonyl (C=O) groups is 7. The summed E-state index contributed by atoms with van der Waals surface area (Å²) >= 11 is 0. The standard InChI is InChI=1S/C46H50N8O8/c1-51(2)43(59)31-11-7-30(8-12-31)28-52-23-24-53-35(15-17-37(53)46(52)20-4-21-46)41(57)48-27-29-9-13-32(14-10-29)49-39(56)19-25-62-26-22-47-34-6-3-5-33-40(34)45(61)54(44(33)60)36-16-18-38(55)50-42(36)58/h3,5-15,17,36,47H,4,16,18-28H2,1-2H3,(H,48,57)(H,49,56)(H,50,55,58). The maximum atomic E-state index is 13.5. The molecule has 0 radical (unpaired) electrons. The molecule has 1 atom stereocenters. The van der Waals surface area contributed by atoms with Crippen LogP contribution in [0.2, 0.25) is 0 Å². The predicted octanol–water partition coefficient (Wildman–Crippen LogP) is 3.87. The van der Waals surface area contributed by atoms with Crippen LogP contribution in [0.25, 0.3) is 0 Å². The minimum atomic E-state index is -1.05. The Morgan fingerprint density at radius 1 is 0.871 bits per heavy atom. The number of hydrogen-bond acceptors (Lipinski definition) is 10. The van der Waals surface area contributed by atoms with E-state index < -0.39 is 29.7 Å². The van der Waals surface area contributed by atoms with Crippen LogP contribution in [0.1, 0.15) is 96.9 Å². The van der Waals surface area contributed by atoms with Crippen LogP contribution in [0.15, 0.2) is 78.9 Å². The van der Waals surface area contributed by atoms with E-state index in [9.17, 15) is 33.6 Å². The number of rotatable bonds is 15. The quantitative estimate of drug-likeness (QED) is 0.101. The van der Waals surface area contributed by atoms with Crippen molar-refractivity contribution in [2.24, 2.45) is 0 Å². The van der Waals surface area contributed by atoms with Crippen molar-refractivity contribution in [3.05, 3.63) is 118 Å². The third-order valence-corrected chi connectivity index (χ3v) is 12.2. The summed E-state index contributed by atoms with van der Waals surface area (Å²) in [5.41, 5.74) is 5.81. The second kappa shape index (κ2) is 17.8. The van der Waals surface area contributed by atoms with E-state index in [0.717, 1.165) is 48.4 Å². The van der Waals surface area contributed by atoms with Gasteiger partial charge in [-0.1, -0.05) is 30.3 Å². The van der Waals surface area contributed by atoms with Crippen molar-refractivity contribution in [2.45, 2.75) is 69.7 Å². The molecule has 1 saturated carbocycles. The van der Waals surface area contributed by atoms with Crippen molar-refractivity contribution >= 4 is 52.7 Å². The molecule has 16 heteroatoms. The van der Waals surface area contributed by atoms with Crippen LogP contribution < -0.4 is 21.3 Å². The first kappa shape index (κ1) is 42.1. The molecule has 7 amide bonds. The highest BCUT2D eigenvalue weighted by Crippen LogP contribution is 2.49. The van der Waals surface area contributed by atoms with Gasteiger partial charge >= 0.3 is 0 Å². The van der Waals surface area contributed by atoms with Crippen molar-refractivity contribution in [1.82, 2.24) is 29.9 Å². The summed E-state index contributed by atoms with van der Waals surface area (Å²) in [7, 11) is 3.50. The largest absolute Gasteiger partial charge is 0.382 e. The van der Waals surface area contributed by atoms with Gasteiger partial charge < -0.3 is 30.2 Å². The van der Waals surface area contributed by atoms with Crippen molar-refractivity contribution in [3.63, 3.8) is 0 Å². The van der Waals surface area contributed by atoms with Gasteiger partial charge in [-0.2, -0.15) is 0 Å². The van der Waals surface area contributed by atoms with Gasteiger partial charge in [-0.25, -0.2) is 0 Å². The van der Waals surface area contributed by atoms with E-state index in [-0.39, 0.29) is 66.9 Å². The Hall–Kier alpha value is -6.65. The Balaban J connectivity index is 0.762. The third-order valence-electron chi connectivity index (χ3n) is 12.2. The number of hydrogen-bond donors (Lipinski definition) is 4. The average Bonchev–Trinajstić information content (AvgIpc) is 3.79. The Morgan fingerprint density at radius 3 is 2.34 bits per heavy atom. The number of carbonyl (C=O) groups excluding carboxylic acids is 7. The molecule has 1 saturated heterocycles. The van der Waals surface area contributed by atoms with E-state index in [0.29, 0.717) is 42.3 Å². The van der Waals surface area contributed by atoms with E-state index in [1.54, 1.807) is 43.3 Å². The van der Waals surface area contributed by atoms with Crippen LogP contribution in [0.3, 0.4) is 0 Å². The van der Waals surface area contributed by atoms with E-state index in [4.69, 9.17) is 4.74 Å². The maximum absolute atomic E-state index is 13.5. The lowest BCUT2D eigenvalue weighted by atomic mass is 9.71. The lowest BCUT2D eigenvalue weighted by Gasteiger charge is -2.53. The summed E-state index contributed by atoms with van der Waals surface area (Å²) < 4.78 is 7.82. The van der Waals surface area contributed by atoms with Gasteiger partial charge in [-0.3, -0.25) is 48.7 Å². The van der Waals surface area contributed by atoms with E-state index in [2.05, 4.69) is 36.8 Å². The lowest BCUT2D eigenvalue weighted by molar-refractivity contribution is -0.136. The monoisotopic (exact) mass is 842 g/mol. The Morgan fingerprint density at radius 2 is 1.63 bits per heavy atom. The molecule has 4 aliphatic rings. The molecule has 1 unspecified atom stereocenters. The SMILES string of the molecule is CN(C)C(=O)c1ccc(CN2CCn3c(C(=O)NCc4ccc(NC(=O)CCOCCNc5cccc6c5C(=O)N(C5CCC(=O)NC5=O)C6=O)cc4)ccc3C23CCC3)cc1. The second-order valence-electron chi connectivity index (χ2n) is 16.4. The number of ether oxygens (including phenoxy) is 1. The highest BCUT2D eigenvalue weighted by molar-refractivity contribution is 6.25. The van der Waals surface area contributed by atoms with Crippen LogP contribution in [0, 0.1) is 0 Å². The van der Waals surface area contributed by atoms with Crippen molar-refractivity contribution in [2.75, 3.05) is 51.0 Å². The summed E-state index contributed by atoms with van der Waals surface area (Å²) in [6.45, 7) is 3.29. The third kappa shape index (κ3) is 8.35. The average molecular weight is 843 g/mol. The van der Waals surface area contributed by atoms with Crippen LogP contribution in [-0.2, 0) is 44.3 Å². The van der Waals surface area contributed by atoms with Crippen LogP contribution in [0.4, 0.5) is 11.4 Å². The van der Waals surface area contributed by atoms with Gasteiger partial charge in [0.1, 0.15) is 11.7 Å². The normalized spacial score (nSPS) is 17.8. The first-order valence-electron chi connectivity index (χ1n) is 21.0. The number of benzene rings is 3. The molecule has 2 fully saturated rings. The lowest BCUT2D eigenvalue weighted by Crippen LogP contribution is -2.56. The Labute approximate surface area is 358 Å². The molecule has 62 heavy (non-hydrogen) atoms. The summed E-state index contributed by atoms with van der Waals surface area (Å²) in [4.78, 5) is 93.9. The Bertz CT molecular complexity index is 2420. The maximum Gasteiger partial charge on any atom is 0.268 e. The van der Waals surface area contributed by atoms with E-state index in [1.807, 2.05) is 42.5 Å². The van der Waals surface area contributed by atoms with Gasteiger partial charge in [0.15, 0.2) is 0 Å². The summed E-state index contributed by atoms with van der Waals surface area (Å²) in [5.74, 6) is -2.66. The number of amides is 7. The fraction of sp³-hybridized carbons (Fsp3) is 0.370. The molecule has 3 aliphatic heterocycles. The topological polar surface area (TPSA) is 191 Å². The van der Waals surface area contributed by atoms with Gasteiger partial charge in [0, 0.05) is 75.9 Å². The number of aromatic nitrogens is 1. The van der Waals surface area contributed by atoms with Gasteiger partial charge in [0.25, 0.3) is 23.6 Å². The minimum Gasteiger partial charge on any atom is -0.382 e. The van der Waals surface area contributed by atoms with Gasteiger partial charge in [0.05, 0.1) is 36.3 Å². The smallest absolute Gasteiger partial charge is 0.268 e. The molecule has 4 aromatic rings. The summed E-state index contributed by atoms with van der Waals surface area (Å²) in [6, 6.07) is 23.0. The first-order chi connectivity index (χ1) is 29.9. The van der Waals surface area contributed by atoms with Crippen molar-refractivity contribution in [3.8, 4) is 0 Å². The highest BCUT2D eigenvalue weighted by Gasteiger charge is 2.49. The molecule has 322 valence electrons. The number of piperidine rings is 1. The van der Waals surface area contributed by atoms with E-state index >= 15 is 0 Å². The van der Waals surface area contributed by atoms with Crippen LogP contribution in [0.5, 0.6) is 0 Å². The highest BCUT2D eigenvalue weighted by atomic mass is 16.5. The van der Waals surface area contributed by atoms with E-state index in [1.165, 1.54) is 11.8 Å². The zero-order valence-electron chi connectivity index (χ0n) is 34.8. The molecule has 4 heterocycles. The molecule has 4 N–H and O–H groups in total. The van der Waals surface area contributed by atoms with Crippen LogP contribution >= 0.6 is 0 Å². The van der Waals surface area contributed by atoms with Gasteiger partial charge in [-0.15, -0.1) is 0 Å². The predicted molar refractivity (Wildman–Crippen MR) is 228 cm³/mol. The number of fused-ring (bicyclic) bond motifs is 3. The molecule has 1 spiro atoms. The summed E-state index contributed by atoms with van der Waals surface area (Å²) in [6.07, 6.45) is 3.42. The molecule has 16 nitrogen and oxygen atoms in total. The zero-order chi connectivity index (χ0) is 43.5. The molecule has 1 aliphatic carbocycles. The zero-order valence-corrected chi connectivity index (χ0v) is 34.8. The number of imide groups is 2. The van der Waals surface area contributed by atoms with Gasteiger partial charge in [-0.05, 0) is 85.3 Å². The molecule has 0 bridgehead atoms. The van der Waals surface area contributed by atoms with Gasteiger partial charge in [0.2, 0.25) is 17.7 Å². The minimum absolute atomic E-state index is 0.0152. The van der Waals surface area contributed by atoms with Crippen LogP contribution in [-0.4, -0.2) is 107 Å². The fourth-order valence-corrected chi connectivity index (χ4v) is 8.84. The molecular weight excluding hydrogens is 793 g/mol. The van der Waals surface area contributed by atoms with Crippen molar-refractivity contribution < 1.29 is 38.3 Å². The molecule has 3 aromatic carbocycles. The summed E-state index contributed by atoms with van der Waals surface area (Å²) in [5, 5.41) is 11.2. The van der Waals surface area contributed by atoms with Crippen molar-refractivity contribution in [1.29, 1.82) is 0 Å². The molecule has 1 aromatic heterocycles. The molecular formula is C46H50N8O8. The first-order valence-corrected chi connectivity index (χ1v) is 21.0. The number of nitrogens with zero attached hydrogens (tertiary/aromatic N) is 4.